The van der Waals surface area contributed by atoms with E-state index in [1.54, 1.807) is 12.4 Å². The van der Waals surface area contributed by atoms with E-state index in [0.717, 1.165) is 20.8 Å². The number of aromatic nitrogens is 1. The first-order chi connectivity index (χ1) is 31.2. The SMILES string of the molecule is C.O=[P+]([O-])OO.[2H]C([2H])([2H])[C@@]1(C)[C@H](C)C(=O)N1O.[2H]C([2H])([2H])[C@@]1(C)[C@H](C)C(=O)N1OS(=O)(=O)O.[2H]C([2H])([2H])[C@@]1(C)[C@H](C)C(=O)N1OS(=O)(=O)O.[2H]C([2H])([2H])[C@@]1(C)[C@H](N)C(=O)N1OS(=O)(=O)O.[H-].[K+].c1ccncc1. The number of nitrogens with two attached hydrogens (primary N) is 1. The molecule has 4 aliphatic rings. The Labute approximate surface area is 416 Å². The van der Waals surface area contributed by atoms with Gasteiger partial charge in [0.25, 0.3) is 23.6 Å². The van der Waals surface area contributed by atoms with Crippen LogP contribution in [0.3, 0.4) is 0 Å². The number of rotatable bonds is 7. The quantitative estimate of drug-likeness (QED) is 0.0315. The van der Waals surface area contributed by atoms with E-state index in [2.05, 4.69) is 22.5 Å². The van der Waals surface area contributed by atoms with Gasteiger partial charge in [0.05, 0.1) is 39.9 Å². The molecule has 1 aromatic heterocycles. The molecule has 0 aliphatic carbocycles. The first-order valence-corrected chi connectivity index (χ1v) is 20.5. The monoisotopic (exact) mass is 1000 g/mol. The molecule has 4 fully saturated rings. The summed E-state index contributed by atoms with van der Waals surface area (Å²) in [5, 5.41) is 16.8. The van der Waals surface area contributed by atoms with Crippen molar-refractivity contribution < 1.29 is 165 Å². The molecule has 1 aromatic rings. The van der Waals surface area contributed by atoms with E-state index < -0.39 is 136 Å². The first-order valence-electron chi connectivity index (χ1n) is 21.4. The standard InChI is InChI=1S/2C6H11NO5S.C6H11NO2.C5H10N2O5S.C5H5N.CH4.K.HO4P.H/c2*1-4-5(8)7(6(4,2)3)12-13(9,10)11;1-4-5(8)7(9)6(4,2)3;1-5(2)3(6)4(8)7(5)12-13(9,10)11;1-2-4-6-5-3-1;;;1-4-5(2)3;/h2*4H,1-3H3,(H,9,10,11);4,9H,1-3H3;3H,6H2,1-2H3,(H,9,10,11);1-5H;1H4;;1H;/q;;;;;;+1;;-1/t3*4-;3-;;;;;/m1111...../s1/i3*2D3;1D3;;;;;/t3*4-,6-;3-,5-;;;;;. The smallest absolute Gasteiger partial charge is 1.00 e. The number of hydrogen-bond acceptors (Lipinski definition) is 20. The zero-order chi connectivity index (χ0) is 57.1. The van der Waals surface area contributed by atoms with E-state index in [4.69, 9.17) is 55.8 Å². The van der Waals surface area contributed by atoms with Crippen LogP contribution < -0.4 is 62.0 Å². The first kappa shape index (κ1) is 43.1. The minimum absolute atomic E-state index is 0. The summed E-state index contributed by atoms with van der Waals surface area (Å²) < 4.78 is 197. The summed E-state index contributed by atoms with van der Waals surface area (Å²) in [6, 6.07) is 4.30. The number of amides is 4. The Hall–Kier alpha value is -1.82. The van der Waals surface area contributed by atoms with Gasteiger partial charge in [0, 0.05) is 33.5 Å². The van der Waals surface area contributed by atoms with Crippen LogP contribution >= 0.6 is 8.25 Å². The summed E-state index contributed by atoms with van der Waals surface area (Å²) in [5.74, 6) is -5.66. The Morgan fingerprint density at radius 2 is 1.00 bits per heavy atom. The van der Waals surface area contributed by atoms with Crippen LogP contribution in [0.1, 0.15) is 101 Å². The molecule has 0 saturated carbocycles. The summed E-state index contributed by atoms with van der Waals surface area (Å²) in [7, 11) is -17.8. The maximum Gasteiger partial charge on any atom is 1.00 e. The van der Waals surface area contributed by atoms with Crippen LogP contribution in [0.25, 0.3) is 0 Å². The topological polar surface area (TPSA) is 401 Å². The number of carbonyl (C=O) groups excluding carboxylic acids is 4. The summed E-state index contributed by atoms with van der Waals surface area (Å²) in [5.41, 5.74) is -1.64. The average molecular weight is 1000 g/mol. The Kier molecular flexibility index (Phi) is 16.9. The Balaban J connectivity index is -0.000000409. The van der Waals surface area contributed by atoms with Crippen LogP contribution in [-0.4, -0.2) is 126 Å². The van der Waals surface area contributed by atoms with E-state index in [0.29, 0.717) is 5.06 Å². The molecule has 5 rings (SSSR count). The van der Waals surface area contributed by atoms with E-state index in [1.807, 2.05) is 18.2 Å². The molecule has 9 atom stereocenters. The molecule has 4 amide bonds. The number of β-lactam (4-membered cyclic amide) rings is 4. The van der Waals surface area contributed by atoms with Crippen molar-refractivity contribution in [1.82, 2.24) is 25.2 Å². The van der Waals surface area contributed by atoms with Crippen LogP contribution in [0.2, 0.25) is 0 Å². The number of pyridine rings is 1. The van der Waals surface area contributed by atoms with Gasteiger partial charge in [-0.25, -0.2) is 10.3 Å². The number of hydroxylamine groups is 8. The fraction of sp³-hybridized carbons (Fsp3) is 0.690. The van der Waals surface area contributed by atoms with Gasteiger partial charge in [-0.2, -0.15) is 40.4 Å². The van der Waals surface area contributed by atoms with Gasteiger partial charge >= 0.3 is 90.8 Å². The second-order valence-corrected chi connectivity index (χ2v) is 16.2. The van der Waals surface area contributed by atoms with E-state index in [1.165, 1.54) is 27.7 Å². The third-order valence-electron chi connectivity index (χ3n) is 8.17. The molecular weight excluding hydrogens is 935 g/mol. The molecule has 32 heteroatoms. The molecule has 5 heterocycles. The second-order valence-electron chi connectivity index (χ2n) is 12.6. The van der Waals surface area contributed by atoms with E-state index >= 15 is 0 Å². The van der Waals surface area contributed by atoms with Crippen molar-refractivity contribution in [2.75, 3.05) is 0 Å². The maximum absolute atomic E-state index is 11.3. The molecule has 4 saturated heterocycles. The predicted octanol–water partition coefficient (Wildman–Crippen LogP) is -2.42. The number of nitrogens with zero attached hydrogens (tertiary/aromatic N) is 5. The summed E-state index contributed by atoms with van der Waals surface area (Å²) in [6.45, 7) is -1.41. The van der Waals surface area contributed by atoms with Gasteiger partial charge in [0.2, 0.25) is 0 Å². The van der Waals surface area contributed by atoms with Gasteiger partial charge in [0.1, 0.15) is 6.04 Å². The van der Waals surface area contributed by atoms with Crippen LogP contribution in [0, 0.1) is 17.8 Å². The largest absolute Gasteiger partial charge is 1.00 e. The van der Waals surface area contributed by atoms with E-state index in [9.17, 15) is 44.4 Å². The van der Waals surface area contributed by atoms with Crippen LogP contribution in [0.15, 0.2) is 30.6 Å². The minimum atomic E-state index is -4.97. The van der Waals surface area contributed by atoms with Crippen LogP contribution in [0.5, 0.6) is 0 Å². The number of hydrogen-bond donors (Lipinski definition) is 6. The molecule has 7 N–H and O–H groups in total. The van der Waals surface area contributed by atoms with Crippen molar-refractivity contribution in [2.45, 2.75) is 111 Å². The molecule has 61 heavy (non-hydrogen) atoms. The fourth-order valence-electron chi connectivity index (χ4n) is 3.87. The van der Waals surface area contributed by atoms with Gasteiger partial charge in [-0.3, -0.25) is 43.0 Å². The Morgan fingerprint density at radius 3 is 1.20 bits per heavy atom. The third kappa shape index (κ3) is 17.9. The molecular formula is C29H54KN6O21PS3. The summed E-state index contributed by atoms with van der Waals surface area (Å²) in [4.78, 5) is 57.3. The molecule has 1 unspecified atom stereocenters. The summed E-state index contributed by atoms with van der Waals surface area (Å²) >= 11 is 0. The van der Waals surface area contributed by atoms with Crippen LogP contribution in [-0.2, 0) is 72.5 Å². The fourth-order valence-corrected chi connectivity index (χ4v) is 5.12. The van der Waals surface area contributed by atoms with E-state index in [-0.39, 0.29) is 75.4 Å². The predicted molar refractivity (Wildman–Crippen MR) is 202 cm³/mol. The number of carbonyl (C=O) groups is 4. The molecule has 350 valence electrons. The minimum Gasteiger partial charge on any atom is -1.00 e. The normalized spacial score (nSPS) is 33.9. The van der Waals surface area contributed by atoms with Gasteiger partial charge in [-0.15, -0.1) is 12.9 Å². The van der Waals surface area contributed by atoms with Crippen molar-refractivity contribution in [3.8, 4) is 0 Å². The van der Waals surface area contributed by atoms with Crippen molar-refractivity contribution in [2.24, 2.45) is 23.5 Å². The van der Waals surface area contributed by atoms with Crippen molar-refractivity contribution >= 4 is 63.1 Å². The molecule has 27 nitrogen and oxygen atoms in total. The zero-order valence-electron chi connectivity index (χ0n) is 45.4. The van der Waals surface area contributed by atoms with Crippen molar-refractivity contribution in [3.05, 3.63) is 30.6 Å². The Bertz CT molecular complexity index is 2230. The third-order valence-corrected chi connectivity index (χ3v) is 9.31. The maximum atomic E-state index is 11.3. The molecule has 0 radical (unpaired) electrons. The van der Waals surface area contributed by atoms with Gasteiger partial charge in [-0.05, 0) is 71.8 Å². The van der Waals surface area contributed by atoms with Crippen molar-refractivity contribution in [1.29, 1.82) is 0 Å². The van der Waals surface area contributed by atoms with Gasteiger partial charge in [0.15, 0.2) is 0 Å². The van der Waals surface area contributed by atoms with Gasteiger partial charge < -0.3 is 12.1 Å². The van der Waals surface area contributed by atoms with Gasteiger partial charge in [-0.1, -0.05) is 34.3 Å². The molecule has 0 bridgehead atoms. The molecule has 0 aromatic carbocycles. The van der Waals surface area contributed by atoms with Crippen molar-refractivity contribution in [3.63, 3.8) is 0 Å². The second kappa shape index (κ2) is 23.9. The molecule has 4 aliphatic heterocycles. The zero-order valence-corrected chi connectivity index (χ0v) is 38.9. The Morgan fingerprint density at radius 1 is 0.705 bits per heavy atom. The summed E-state index contributed by atoms with van der Waals surface area (Å²) in [6.07, 6.45) is 3.50. The molecule has 0 spiro atoms. The van der Waals surface area contributed by atoms with Crippen LogP contribution in [0.4, 0.5) is 0 Å². The average Bonchev–Trinajstić information content (AvgIpc) is 3.23.